The van der Waals surface area contributed by atoms with Crippen LogP contribution in [0.5, 0.6) is 0 Å². The van der Waals surface area contributed by atoms with E-state index in [1.165, 1.54) is 0 Å². The third kappa shape index (κ3) is 5.53. The van der Waals surface area contributed by atoms with Crippen LogP contribution >= 0.6 is 0 Å². The van der Waals surface area contributed by atoms with E-state index in [1.54, 1.807) is 6.92 Å². The lowest BCUT2D eigenvalue weighted by Gasteiger charge is -2.09. The molecule has 4 nitrogen and oxygen atoms in total. The zero-order valence-corrected chi connectivity index (χ0v) is 5.95. The molecule has 0 amide bonds. The Hall–Kier alpha value is -0.610. The lowest BCUT2D eigenvalue weighted by molar-refractivity contribution is -0.139. The maximum atomic E-state index is 9.99. The second-order valence-corrected chi connectivity index (χ2v) is 2.46. The van der Waals surface area contributed by atoms with Gasteiger partial charge < -0.3 is 15.9 Å². The van der Waals surface area contributed by atoms with Crippen molar-refractivity contribution in [2.75, 3.05) is 0 Å². The molecular weight excluding hydrogens is 134 g/mol. The normalized spacial score (nSPS) is 16.3. The summed E-state index contributed by atoms with van der Waals surface area (Å²) in [6.45, 7) is 1.73. The van der Waals surface area contributed by atoms with Crippen molar-refractivity contribution in [2.24, 2.45) is 5.73 Å². The molecule has 0 heterocycles. The Balaban J connectivity index is 3.43. The fourth-order valence-corrected chi connectivity index (χ4v) is 0.714. The van der Waals surface area contributed by atoms with Gasteiger partial charge in [-0.05, 0) is 13.3 Å². The second-order valence-electron chi connectivity index (χ2n) is 2.46. The van der Waals surface area contributed by atoms with Gasteiger partial charge in [0.25, 0.3) is 0 Å². The first-order valence-electron chi connectivity index (χ1n) is 3.17. The summed E-state index contributed by atoms with van der Waals surface area (Å²) in [6.07, 6.45) is -0.689. The van der Waals surface area contributed by atoms with Crippen LogP contribution in [-0.4, -0.2) is 28.3 Å². The molecule has 0 radical (unpaired) electrons. The number of hydrogen-bond acceptors (Lipinski definition) is 3. The van der Waals surface area contributed by atoms with E-state index in [1.807, 2.05) is 0 Å². The molecule has 60 valence electrons. The number of nitrogens with two attached hydrogens (primary N) is 1. The molecule has 0 fully saturated rings. The molecule has 0 aromatic rings. The monoisotopic (exact) mass is 147 g/mol. The van der Waals surface area contributed by atoms with Crippen LogP contribution in [0.4, 0.5) is 0 Å². The van der Waals surface area contributed by atoms with Crippen molar-refractivity contribution in [2.45, 2.75) is 31.9 Å². The first kappa shape index (κ1) is 9.39. The van der Waals surface area contributed by atoms with Gasteiger partial charge in [0.05, 0.1) is 12.5 Å². The fourth-order valence-electron chi connectivity index (χ4n) is 0.714. The number of carboxylic acids is 1. The summed E-state index contributed by atoms with van der Waals surface area (Å²) in [5, 5.41) is 17.1. The van der Waals surface area contributed by atoms with Crippen LogP contribution < -0.4 is 5.73 Å². The topological polar surface area (TPSA) is 83.5 Å². The van der Waals surface area contributed by atoms with Crippen molar-refractivity contribution in [1.29, 1.82) is 0 Å². The van der Waals surface area contributed by atoms with Gasteiger partial charge in [0, 0.05) is 6.04 Å². The molecule has 0 saturated heterocycles. The van der Waals surface area contributed by atoms with Gasteiger partial charge in [-0.25, -0.2) is 0 Å². The highest BCUT2D eigenvalue weighted by Crippen LogP contribution is 1.99. The van der Waals surface area contributed by atoms with E-state index in [-0.39, 0.29) is 12.5 Å². The first-order valence-corrected chi connectivity index (χ1v) is 3.17. The van der Waals surface area contributed by atoms with Crippen molar-refractivity contribution in [3.63, 3.8) is 0 Å². The summed E-state index contributed by atoms with van der Waals surface area (Å²) in [5.41, 5.74) is 5.32. The van der Waals surface area contributed by atoms with Gasteiger partial charge in [0.2, 0.25) is 0 Å². The van der Waals surface area contributed by atoms with Gasteiger partial charge >= 0.3 is 5.97 Å². The predicted octanol–water partition coefficient (Wildman–Crippen LogP) is -0.441. The van der Waals surface area contributed by atoms with E-state index in [0.29, 0.717) is 6.42 Å². The summed E-state index contributed by atoms with van der Waals surface area (Å²) in [4.78, 5) is 9.99. The van der Waals surface area contributed by atoms with Crippen molar-refractivity contribution in [3.05, 3.63) is 0 Å². The SMILES string of the molecule is C[C@@H](N)CC(O)CC(=O)O. The molecule has 0 spiro atoms. The standard InChI is InChI=1S/C6H13NO3/c1-4(7)2-5(8)3-6(9)10/h4-5,8H,2-3,7H2,1H3,(H,9,10)/t4-,5?/m1/s1. The van der Waals surface area contributed by atoms with Gasteiger partial charge in [-0.2, -0.15) is 0 Å². The third-order valence-corrected chi connectivity index (χ3v) is 1.05. The van der Waals surface area contributed by atoms with E-state index in [9.17, 15) is 4.79 Å². The highest BCUT2D eigenvalue weighted by Gasteiger charge is 2.10. The number of carboxylic acid groups (broad SMARTS) is 1. The van der Waals surface area contributed by atoms with Crippen LogP contribution in [0.2, 0.25) is 0 Å². The quantitative estimate of drug-likeness (QED) is 0.503. The number of hydrogen-bond donors (Lipinski definition) is 3. The molecule has 0 aliphatic carbocycles. The van der Waals surface area contributed by atoms with E-state index in [4.69, 9.17) is 15.9 Å². The molecule has 2 atom stereocenters. The van der Waals surface area contributed by atoms with Crippen molar-refractivity contribution < 1.29 is 15.0 Å². The van der Waals surface area contributed by atoms with Gasteiger partial charge in [0.1, 0.15) is 0 Å². The molecule has 10 heavy (non-hydrogen) atoms. The summed E-state index contributed by atoms with van der Waals surface area (Å²) < 4.78 is 0. The minimum Gasteiger partial charge on any atom is -0.481 e. The molecule has 0 aromatic carbocycles. The zero-order chi connectivity index (χ0) is 8.15. The molecule has 1 unspecified atom stereocenters. The molecule has 0 saturated carbocycles. The first-order chi connectivity index (χ1) is 4.52. The van der Waals surface area contributed by atoms with Gasteiger partial charge in [-0.1, -0.05) is 0 Å². The molecule has 0 aliphatic rings. The Morgan fingerprint density at radius 1 is 1.70 bits per heavy atom. The molecular formula is C6H13NO3. The maximum absolute atomic E-state index is 9.99. The predicted molar refractivity (Wildman–Crippen MR) is 36.5 cm³/mol. The summed E-state index contributed by atoms with van der Waals surface area (Å²) in [5.74, 6) is -0.992. The van der Waals surface area contributed by atoms with Crippen LogP contribution in [0, 0.1) is 0 Å². The lowest BCUT2D eigenvalue weighted by Crippen LogP contribution is -2.24. The smallest absolute Gasteiger partial charge is 0.305 e. The Morgan fingerprint density at radius 3 is 2.50 bits per heavy atom. The van der Waals surface area contributed by atoms with Gasteiger partial charge in [-0.15, -0.1) is 0 Å². The molecule has 4 N–H and O–H groups in total. The Kier molecular flexibility index (Phi) is 3.99. The van der Waals surface area contributed by atoms with Crippen molar-refractivity contribution in [3.8, 4) is 0 Å². The Labute approximate surface area is 59.7 Å². The minimum atomic E-state index is -0.992. The highest BCUT2D eigenvalue weighted by atomic mass is 16.4. The van der Waals surface area contributed by atoms with E-state index in [2.05, 4.69) is 0 Å². The second kappa shape index (κ2) is 4.24. The van der Waals surface area contributed by atoms with Crippen molar-refractivity contribution in [1.82, 2.24) is 0 Å². The maximum Gasteiger partial charge on any atom is 0.305 e. The summed E-state index contributed by atoms with van der Waals surface area (Å²) in [6, 6.07) is -0.144. The number of aliphatic hydroxyl groups is 1. The van der Waals surface area contributed by atoms with Crippen LogP contribution in [0.1, 0.15) is 19.8 Å². The zero-order valence-electron chi connectivity index (χ0n) is 5.95. The van der Waals surface area contributed by atoms with E-state index >= 15 is 0 Å². The number of carbonyl (C=O) groups is 1. The third-order valence-electron chi connectivity index (χ3n) is 1.05. The number of aliphatic hydroxyl groups excluding tert-OH is 1. The summed E-state index contributed by atoms with van der Waals surface area (Å²) in [7, 11) is 0. The van der Waals surface area contributed by atoms with E-state index in [0.717, 1.165) is 0 Å². The minimum absolute atomic E-state index is 0.144. The molecule has 0 aromatic heterocycles. The number of aliphatic carboxylic acids is 1. The average Bonchev–Trinajstić information content (AvgIpc) is 1.58. The fraction of sp³-hybridized carbons (Fsp3) is 0.833. The Morgan fingerprint density at radius 2 is 2.20 bits per heavy atom. The average molecular weight is 147 g/mol. The highest BCUT2D eigenvalue weighted by molar-refractivity contribution is 5.67. The molecule has 4 heteroatoms. The van der Waals surface area contributed by atoms with Crippen molar-refractivity contribution >= 4 is 5.97 Å². The molecule has 0 bridgehead atoms. The van der Waals surface area contributed by atoms with Crippen LogP contribution in [-0.2, 0) is 4.79 Å². The van der Waals surface area contributed by atoms with Gasteiger partial charge in [-0.3, -0.25) is 4.79 Å². The van der Waals surface area contributed by atoms with Gasteiger partial charge in [0.15, 0.2) is 0 Å². The summed E-state index contributed by atoms with van der Waals surface area (Å²) >= 11 is 0. The number of rotatable bonds is 4. The molecule has 0 rings (SSSR count). The molecule has 0 aliphatic heterocycles. The van der Waals surface area contributed by atoms with Crippen LogP contribution in [0.15, 0.2) is 0 Å². The van der Waals surface area contributed by atoms with Crippen LogP contribution in [0.3, 0.4) is 0 Å². The Bertz CT molecular complexity index is 114. The largest absolute Gasteiger partial charge is 0.481 e. The lowest BCUT2D eigenvalue weighted by atomic mass is 10.1. The van der Waals surface area contributed by atoms with Crippen LogP contribution in [0.25, 0.3) is 0 Å². The van der Waals surface area contributed by atoms with E-state index < -0.39 is 12.1 Å².